The van der Waals surface area contributed by atoms with Crippen molar-refractivity contribution in [1.82, 2.24) is 4.98 Å². The van der Waals surface area contributed by atoms with Gasteiger partial charge >= 0.3 is 0 Å². The number of hydrogen-bond donors (Lipinski definition) is 2. The highest BCUT2D eigenvalue weighted by Crippen LogP contribution is 2.23. The Labute approximate surface area is 123 Å². The Morgan fingerprint density at radius 3 is 2.71 bits per heavy atom. The molecule has 0 aliphatic carbocycles. The van der Waals surface area contributed by atoms with Crippen LogP contribution in [0.25, 0.3) is 0 Å². The molecule has 0 saturated heterocycles. The van der Waals surface area contributed by atoms with Gasteiger partial charge in [0.25, 0.3) is 0 Å². The summed E-state index contributed by atoms with van der Waals surface area (Å²) >= 11 is 0. The molecule has 0 atom stereocenters. The Morgan fingerprint density at radius 1 is 1.33 bits per heavy atom. The number of nitrogen functional groups attached to an aromatic ring is 1. The van der Waals surface area contributed by atoms with Crippen molar-refractivity contribution in [3.63, 3.8) is 0 Å². The third kappa shape index (κ3) is 3.63. The minimum Gasteiger partial charge on any atom is -0.495 e. The summed E-state index contributed by atoms with van der Waals surface area (Å²) in [5.74, 6) is 0.933. The van der Waals surface area contributed by atoms with E-state index in [0.29, 0.717) is 23.8 Å². The standard InChI is InChI=1S/C14H17N3O3S/c1-20-12-6-5-10(8-11(12)15)9-17-14-13(21(2,18)19)4-3-7-16-14/h3-8H,9,15H2,1-2H3,(H,16,17). The van der Waals surface area contributed by atoms with Crippen molar-refractivity contribution >= 4 is 21.3 Å². The second kappa shape index (κ2) is 6.01. The minimum atomic E-state index is -3.33. The number of hydrogen-bond acceptors (Lipinski definition) is 6. The number of nitrogens with one attached hydrogen (secondary N) is 1. The number of ether oxygens (including phenoxy) is 1. The number of methoxy groups -OCH3 is 1. The maximum atomic E-state index is 11.7. The van der Waals surface area contributed by atoms with Gasteiger partial charge in [-0.2, -0.15) is 0 Å². The van der Waals surface area contributed by atoms with Crippen LogP contribution in [0.1, 0.15) is 5.56 Å². The lowest BCUT2D eigenvalue weighted by Gasteiger charge is -2.11. The first-order valence-corrected chi connectivity index (χ1v) is 8.12. The molecular weight excluding hydrogens is 290 g/mol. The van der Waals surface area contributed by atoms with E-state index in [9.17, 15) is 8.42 Å². The van der Waals surface area contributed by atoms with Gasteiger partial charge in [0.05, 0.1) is 12.8 Å². The summed E-state index contributed by atoms with van der Waals surface area (Å²) in [5.41, 5.74) is 7.27. The molecule has 1 aromatic heterocycles. The molecular formula is C14H17N3O3S. The number of nitrogens with zero attached hydrogens (tertiary/aromatic N) is 1. The first-order chi connectivity index (χ1) is 9.91. The Kier molecular flexibility index (Phi) is 4.32. The number of anilines is 2. The Hall–Kier alpha value is -2.28. The summed E-state index contributed by atoms with van der Waals surface area (Å²) in [6.45, 7) is 0.410. The smallest absolute Gasteiger partial charge is 0.179 e. The van der Waals surface area contributed by atoms with E-state index in [1.54, 1.807) is 31.5 Å². The number of aromatic nitrogens is 1. The summed E-state index contributed by atoms with van der Waals surface area (Å²) in [6, 6.07) is 8.50. The highest BCUT2D eigenvalue weighted by Gasteiger charge is 2.13. The van der Waals surface area contributed by atoms with E-state index < -0.39 is 9.84 Å². The largest absolute Gasteiger partial charge is 0.495 e. The van der Waals surface area contributed by atoms with Crippen molar-refractivity contribution < 1.29 is 13.2 Å². The fourth-order valence-electron chi connectivity index (χ4n) is 1.90. The van der Waals surface area contributed by atoms with Gasteiger partial charge in [0.1, 0.15) is 16.5 Å². The van der Waals surface area contributed by atoms with Crippen molar-refractivity contribution in [3.8, 4) is 5.75 Å². The van der Waals surface area contributed by atoms with Gasteiger partial charge in [-0.3, -0.25) is 0 Å². The normalized spacial score (nSPS) is 11.1. The third-order valence-electron chi connectivity index (χ3n) is 2.92. The summed E-state index contributed by atoms with van der Waals surface area (Å²) in [5, 5.41) is 3.01. The van der Waals surface area contributed by atoms with Crippen LogP contribution in [0.4, 0.5) is 11.5 Å². The minimum absolute atomic E-state index is 0.173. The monoisotopic (exact) mass is 307 g/mol. The first kappa shape index (κ1) is 15.1. The van der Waals surface area contributed by atoms with Gasteiger partial charge in [-0.25, -0.2) is 13.4 Å². The van der Waals surface area contributed by atoms with E-state index in [1.165, 1.54) is 6.07 Å². The lowest BCUT2D eigenvalue weighted by atomic mass is 10.2. The highest BCUT2D eigenvalue weighted by molar-refractivity contribution is 7.90. The van der Waals surface area contributed by atoms with Crippen molar-refractivity contribution in [2.75, 3.05) is 24.4 Å². The molecule has 1 heterocycles. The summed E-state index contributed by atoms with van der Waals surface area (Å²) in [6.07, 6.45) is 2.69. The fraction of sp³-hybridized carbons (Fsp3) is 0.214. The molecule has 2 aromatic rings. The van der Waals surface area contributed by atoms with Crippen LogP contribution in [0, 0.1) is 0 Å². The van der Waals surface area contributed by atoms with Gasteiger partial charge in [0.15, 0.2) is 9.84 Å². The SMILES string of the molecule is COc1ccc(CNc2ncccc2S(C)(=O)=O)cc1N. The molecule has 3 N–H and O–H groups in total. The van der Waals surface area contributed by atoms with Crippen LogP contribution in [0.15, 0.2) is 41.4 Å². The molecule has 0 saturated carbocycles. The fourth-order valence-corrected chi connectivity index (χ4v) is 2.70. The Morgan fingerprint density at radius 2 is 2.10 bits per heavy atom. The van der Waals surface area contributed by atoms with E-state index in [2.05, 4.69) is 10.3 Å². The summed E-state index contributed by atoms with van der Waals surface area (Å²) in [4.78, 5) is 4.24. The van der Waals surface area contributed by atoms with Crippen LogP contribution < -0.4 is 15.8 Å². The number of pyridine rings is 1. The number of rotatable bonds is 5. The van der Waals surface area contributed by atoms with E-state index >= 15 is 0 Å². The second-order valence-corrected chi connectivity index (χ2v) is 6.54. The highest BCUT2D eigenvalue weighted by atomic mass is 32.2. The molecule has 2 rings (SSSR count). The topological polar surface area (TPSA) is 94.3 Å². The molecule has 0 fully saturated rings. The average Bonchev–Trinajstić information content (AvgIpc) is 2.44. The number of sulfone groups is 1. The summed E-state index contributed by atoms with van der Waals surface area (Å²) in [7, 11) is -1.77. The van der Waals surface area contributed by atoms with Gasteiger partial charge in [0.2, 0.25) is 0 Å². The van der Waals surface area contributed by atoms with Gasteiger partial charge in [-0.05, 0) is 29.8 Å². The quantitative estimate of drug-likeness (QED) is 0.816. The van der Waals surface area contributed by atoms with E-state index in [0.717, 1.165) is 11.8 Å². The molecule has 0 bridgehead atoms. The van der Waals surface area contributed by atoms with Gasteiger partial charge in [-0.15, -0.1) is 0 Å². The van der Waals surface area contributed by atoms with Crippen LogP contribution >= 0.6 is 0 Å². The molecule has 0 aliphatic rings. The Balaban J connectivity index is 2.19. The zero-order valence-electron chi connectivity index (χ0n) is 11.8. The maximum Gasteiger partial charge on any atom is 0.179 e. The molecule has 7 heteroatoms. The third-order valence-corrected chi connectivity index (χ3v) is 4.05. The molecule has 21 heavy (non-hydrogen) atoms. The van der Waals surface area contributed by atoms with Crippen LogP contribution in [0.5, 0.6) is 5.75 Å². The van der Waals surface area contributed by atoms with Crippen molar-refractivity contribution in [2.45, 2.75) is 11.4 Å². The molecule has 1 aromatic carbocycles. The van der Waals surface area contributed by atoms with Crippen LogP contribution in [0.3, 0.4) is 0 Å². The molecule has 6 nitrogen and oxygen atoms in total. The average molecular weight is 307 g/mol. The van der Waals surface area contributed by atoms with Crippen molar-refractivity contribution in [3.05, 3.63) is 42.1 Å². The van der Waals surface area contributed by atoms with Gasteiger partial charge < -0.3 is 15.8 Å². The van der Waals surface area contributed by atoms with Gasteiger partial charge in [-0.1, -0.05) is 6.07 Å². The van der Waals surface area contributed by atoms with E-state index in [-0.39, 0.29) is 4.90 Å². The maximum absolute atomic E-state index is 11.7. The van der Waals surface area contributed by atoms with E-state index in [1.807, 2.05) is 6.07 Å². The number of benzene rings is 1. The second-order valence-electron chi connectivity index (χ2n) is 4.55. The first-order valence-electron chi connectivity index (χ1n) is 6.23. The predicted octanol–water partition coefficient (Wildman–Crippen LogP) is 1.69. The zero-order valence-corrected chi connectivity index (χ0v) is 12.6. The van der Waals surface area contributed by atoms with Crippen LogP contribution in [-0.4, -0.2) is 26.8 Å². The van der Waals surface area contributed by atoms with Gasteiger partial charge in [0, 0.05) is 19.0 Å². The van der Waals surface area contributed by atoms with Crippen molar-refractivity contribution in [2.24, 2.45) is 0 Å². The van der Waals surface area contributed by atoms with E-state index in [4.69, 9.17) is 10.5 Å². The predicted molar refractivity (Wildman–Crippen MR) is 82.1 cm³/mol. The molecule has 0 aliphatic heterocycles. The molecule has 0 unspecified atom stereocenters. The number of nitrogens with two attached hydrogens (primary N) is 1. The zero-order chi connectivity index (χ0) is 15.5. The van der Waals surface area contributed by atoms with Crippen LogP contribution in [-0.2, 0) is 16.4 Å². The van der Waals surface area contributed by atoms with Crippen molar-refractivity contribution in [1.29, 1.82) is 0 Å². The lowest BCUT2D eigenvalue weighted by molar-refractivity contribution is 0.417. The molecule has 0 spiro atoms. The Bertz CT molecular complexity index is 745. The summed E-state index contributed by atoms with van der Waals surface area (Å²) < 4.78 is 28.5. The molecule has 0 amide bonds. The lowest BCUT2D eigenvalue weighted by Crippen LogP contribution is -2.08. The van der Waals surface area contributed by atoms with Crippen LogP contribution in [0.2, 0.25) is 0 Å². The molecule has 0 radical (unpaired) electrons. The molecule has 112 valence electrons.